The van der Waals surface area contributed by atoms with Crippen LogP contribution < -0.4 is 15.5 Å². The summed E-state index contributed by atoms with van der Waals surface area (Å²) in [7, 11) is 0. The van der Waals surface area contributed by atoms with Crippen molar-refractivity contribution in [2.45, 2.75) is 19.8 Å². The van der Waals surface area contributed by atoms with E-state index in [4.69, 9.17) is 9.15 Å². The molecule has 0 aliphatic heterocycles. The van der Waals surface area contributed by atoms with E-state index in [1.165, 1.54) is 0 Å². The number of hydrogen-bond acceptors (Lipinski definition) is 4. The molecule has 0 bridgehead atoms. The topological polar surface area (TPSA) is 51.5 Å². The first-order valence-electron chi connectivity index (χ1n) is 8.08. The minimum Gasteiger partial charge on any atom is -0.493 e. The molecule has 23 heavy (non-hydrogen) atoms. The average Bonchev–Trinajstić information content (AvgIpc) is 2.58. The fraction of sp³-hybridized carbons (Fsp3) is 0.316. The van der Waals surface area contributed by atoms with Crippen LogP contribution in [0.2, 0.25) is 0 Å². The highest BCUT2D eigenvalue weighted by Gasteiger charge is 2.08. The second kappa shape index (κ2) is 7.29. The van der Waals surface area contributed by atoms with Crippen LogP contribution in [0.3, 0.4) is 0 Å². The van der Waals surface area contributed by atoms with E-state index in [0.717, 1.165) is 31.7 Å². The third-order valence-corrected chi connectivity index (χ3v) is 3.82. The van der Waals surface area contributed by atoms with Gasteiger partial charge >= 0.3 is 0 Å². The van der Waals surface area contributed by atoms with E-state index >= 15 is 0 Å². The van der Waals surface area contributed by atoms with Gasteiger partial charge in [-0.15, -0.1) is 0 Å². The van der Waals surface area contributed by atoms with Crippen LogP contribution in [-0.2, 0) is 0 Å². The molecule has 0 aliphatic carbocycles. The Morgan fingerprint density at radius 1 is 1.04 bits per heavy atom. The fourth-order valence-corrected chi connectivity index (χ4v) is 2.59. The molecule has 4 heteroatoms. The lowest BCUT2D eigenvalue weighted by atomic mass is 10.1. The first kappa shape index (κ1) is 15.6. The number of ether oxygens (including phenoxy) is 1. The number of nitrogens with one attached hydrogen (secondary N) is 1. The maximum Gasteiger partial charge on any atom is 0.200 e. The SMILES string of the molecule is CCNCCCCOc1ccc2c(=O)c3ccccc3oc2c1. The Balaban J connectivity index is 1.76. The Kier molecular flexibility index (Phi) is 4.93. The number of hydrogen-bond donors (Lipinski definition) is 1. The minimum absolute atomic E-state index is 0.000889. The van der Waals surface area contributed by atoms with Gasteiger partial charge in [-0.05, 0) is 50.2 Å². The normalized spacial score (nSPS) is 11.2. The highest BCUT2D eigenvalue weighted by molar-refractivity contribution is 5.90. The van der Waals surface area contributed by atoms with Gasteiger partial charge in [0.05, 0.1) is 17.4 Å². The average molecular weight is 311 g/mol. The third-order valence-electron chi connectivity index (χ3n) is 3.82. The van der Waals surface area contributed by atoms with Gasteiger partial charge in [0.2, 0.25) is 5.43 Å². The molecule has 0 saturated carbocycles. The summed E-state index contributed by atoms with van der Waals surface area (Å²) in [5.74, 6) is 0.736. The highest BCUT2D eigenvalue weighted by atomic mass is 16.5. The minimum atomic E-state index is -0.000889. The number of rotatable bonds is 7. The smallest absolute Gasteiger partial charge is 0.200 e. The molecule has 1 aromatic heterocycles. The van der Waals surface area contributed by atoms with E-state index in [2.05, 4.69) is 12.2 Å². The summed E-state index contributed by atoms with van der Waals surface area (Å²) in [5, 5.41) is 4.48. The molecule has 0 atom stereocenters. The third kappa shape index (κ3) is 3.54. The van der Waals surface area contributed by atoms with Crippen molar-refractivity contribution in [3.63, 3.8) is 0 Å². The van der Waals surface area contributed by atoms with Crippen molar-refractivity contribution >= 4 is 21.9 Å². The van der Waals surface area contributed by atoms with Gasteiger partial charge in [0.15, 0.2) is 0 Å². The van der Waals surface area contributed by atoms with Crippen LogP contribution >= 0.6 is 0 Å². The fourth-order valence-electron chi connectivity index (χ4n) is 2.59. The molecule has 0 fully saturated rings. The first-order valence-corrected chi connectivity index (χ1v) is 8.08. The summed E-state index contributed by atoms with van der Waals surface area (Å²) in [5.41, 5.74) is 1.17. The molecule has 0 amide bonds. The molecule has 4 nitrogen and oxygen atoms in total. The summed E-state index contributed by atoms with van der Waals surface area (Å²) in [6.07, 6.45) is 2.08. The van der Waals surface area contributed by atoms with E-state index in [1.807, 2.05) is 24.3 Å². The first-order chi connectivity index (χ1) is 11.3. The quantitative estimate of drug-likeness (QED) is 0.534. The second-order valence-corrected chi connectivity index (χ2v) is 5.49. The van der Waals surface area contributed by atoms with Crippen LogP contribution in [0.15, 0.2) is 51.7 Å². The number of fused-ring (bicyclic) bond motifs is 2. The van der Waals surface area contributed by atoms with Gasteiger partial charge in [-0.2, -0.15) is 0 Å². The lowest BCUT2D eigenvalue weighted by molar-refractivity contribution is 0.306. The van der Waals surface area contributed by atoms with Gasteiger partial charge in [-0.3, -0.25) is 4.79 Å². The van der Waals surface area contributed by atoms with Crippen molar-refractivity contribution in [1.82, 2.24) is 5.32 Å². The van der Waals surface area contributed by atoms with Crippen molar-refractivity contribution in [3.05, 3.63) is 52.7 Å². The van der Waals surface area contributed by atoms with E-state index < -0.39 is 0 Å². The Morgan fingerprint density at radius 2 is 1.87 bits per heavy atom. The molecule has 0 spiro atoms. The molecule has 1 heterocycles. The Hall–Kier alpha value is -2.33. The van der Waals surface area contributed by atoms with Crippen LogP contribution in [0.1, 0.15) is 19.8 Å². The van der Waals surface area contributed by atoms with Crippen molar-refractivity contribution in [1.29, 1.82) is 0 Å². The van der Waals surface area contributed by atoms with Crippen molar-refractivity contribution in [3.8, 4) is 5.75 Å². The molecule has 2 aromatic carbocycles. The summed E-state index contributed by atoms with van der Waals surface area (Å²) in [6, 6.07) is 12.7. The highest BCUT2D eigenvalue weighted by Crippen LogP contribution is 2.22. The van der Waals surface area contributed by atoms with Gasteiger partial charge in [0.25, 0.3) is 0 Å². The monoisotopic (exact) mass is 311 g/mol. The zero-order valence-electron chi connectivity index (χ0n) is 13.3. The predicted octanol–water partition coefficient (Wildman–Crippen LogP) is 3.71. The number of para-hydroxylation sites is 1. The van der Waals surface area contributed by atoms with Crippen molar-refractivity contribution in [2.24, 2.45) is 0 Å². The van der Waals surface area contributed by atoms with Crippen LogP contribution in [0.5, 0.6) is 5.75 Å². The van der Waals surface area contributed by atoms with Gasteiger partial charge in [-0.25, -0.2) is 0 Å². The van der Waals surface area contributed by atoms with Gasteiger partial charge in [-0.1, -0.05) is 19.1 Å². The van der Waals surface area contributed by atoms with Crippen molar-refractivity contribution in [2.75, 3.05) is 19.7 Å². The van der Waals surface area contributed by atoms with Crippen LogP contribution in [0.4, 0.5) is 0 Å². The molecule has 0 aliphatic rings. The maximum atomic E-state index is 12.5. The number of unbranched alkanes of at least 4 members (excludes halogenated alkanes) is 1. The van der Waals surface area contributed by atoms with Gasteiger partial charge < -0.3 is 14.5 Å². The molecule has 1 N–H and O–H groups in total. The van der Waals surface area contributed by atoms with Gasteiger partial charge in [0.1, 0.15) is 16.9 Å². The standard InChI is InChI=1S/C19H21NO3/c1-2-20-11-5-6-12-22-14-9-10-16-18(13-14)23-17-8-4-3-7-15(17)19(16)21/h3-4,7-10,13,20H,2,5-6,11-12H2,1H3. The molecule has 0 saturated heterocycles. The number of benzene rings is 2. The van der Waals surface area contributed by atoms with Crippen LogP contribution in [-0.4, -0.2) is 19.7 Å². The predicted molar refractivity (Wildman–Crippen MR) is 93.3 cm³/mol. The van der Waals surface area contributed by atoms with E-state index in [1.54, 1.807) is 18.2 Å². The zero-order valence-corrected chi connectivity index (χ0v) is 13.3. The Bertz CT molecular complexity index is 854. The summed E-state index contributed by atoms with van der Waals surface area (Å²) < 4.78 is 11.6. The summed E-state index contributed by atoms with van der Waals surface area (Å²) >= 11 is 0. The van der Waals surface area contributed by atoms with Gasteiger partial charge in [0, 0.05) is 6.07 Å². The largest absolute Gasteiger partial charge is 0.493 e. The summed E-state index contributed by atoms with van der Waals surface area (Å²) in [4.78, 5) is 12.5. The van der Waals surface area contributed by atoms with E-state index in [0.29, 0.717) is 28.5 Å². The molecule has 0 radical (unpaired) electrons. The molecular formula is C19H21NO3. The van der Waals surface area contributed by atoms with E-state index in [9.17, 15) is 4.79 Å². The second-order valence-electron chi connectivity index (χ2n) is 5.49. The molecule has 0 unspecified atom stereocenters. The zero-order chi connectivity index (χ0) is 16.1. The maximum absolute atomic E-state index is 12.5. The Labute approximate surface area is 135 Å². The van der Waals surface area contributed by atoms with E-state index in [-0.39, 0.29) is 5.43 Å². The summed E-state index contributed by atoms with van der Waals surface area (Å²) in [6.45, 7) is 4.77. The lowest BCUT2D eigenvalue weighted by Gasteiger charge is -2.07. The van der Waals surface area contributed by atoms with Crippen molar-refractivity contribution < 1.29 is 9.15 Å². The Morgan fingerprint density at radius 3 is 2.74 bits per heavy atom. The van der Waals surface area contributed by atoms with Crippen LogP contribution in [0, 0.1) is 0 Å². The molecular weight excluding hydrogens is 290 g/mol. The molecule has 3 rings (SSSR count). The lowest BCUT2D eigenvalue weighted by Crippen LogP contribution is -2.14. The molecule has 120 valence electrons. The molecule has 3 aromatic rings. The van der Waals surface area contributed by atoms with Crippen LogP contribution in [0.25, 0.3) is 21.9 Å².